The van der Waals surface area contributed by atoms with Crippen LogP contribution in [0.15, 0.2) is 30.5 Å². The molecule has 0 spiro atoms. The molecule has 1 aliphatic heterocycles. The SMILES string of the molecule is COC(=O)c1ncc(NC(=O)Nc2ccc(F)cc2)c2c1OC(C)(C)OC2. The number of pyridine rings is 1. The lowest BCUT2D eigenvalue weighted by Crippen LogP contribution is -2.37. The summed E-state index contributed by atoms with van der Waals surface area (Å²) < 4.78 is 29.0. The van der Waals surface area contributed by atoms with E-state index in [9.17, 15) is 14.0 Å². The molecule has 0 saturated carbocycles. The zero-order valence-electron chi connectivity index (χ0n) is 15.0. The third-order valence-electron chi connectivity index (χ3n) is 3.78. The summed E-state index contributed by atoms with van der Waals surface area (Å²) in [5.74, 6) is -1.84. The van der Waals surface area contributed by atoms with E-state index < -0.39 is 23.6 Å². The summed E-state index contributed by atoms with van der Waals surface area (Å²) in [6.07, 6.45) is 1.32. The number of carbonyl (C=O) groups is 2. The van der Waals surface area contributed by atoms with E-state index in [2.05, 4.69) is 15.6 Å². The minimum atomic E-state index is -0.966. The van der Waals surface area contributed by atoms with Gasteiger partial charge in [0.2, 0.25) is 5.79 Å². The maximum absolute atomic E-state index is 13.0. The standard InChI is InChI=1S/C18H18FN3O5/c1-18(2)26-9-12-13(8-20-14(15(12)27-18)16(23)25-3)22-17(24)21-11-6-4-10(19)5-7-11/h4-8H,9H2,1-3H3,(H2,21,22,24). The number of benzene rings is 1. The first-order chi connectivity index (χ1) is 12.8. The number of halogens is 1. The summed E-state index contributed by atoms with van der Waals surface area (Å²) in [4.78, 5) is 28.3. The number of nitrogens with one attached hydrogen (secondary N) is 2. The highest BCUT2D eigenvalue weighted by atomic mass is 19.1. The number of esters is 1. The quantitative estimate of drug-likeness (QED) is 0.799. The molecule has 2 aromatic rings. The van der Waals surface area contributed by atoms with Gasteiger partial charge in [0.15, 0.2) is 11.4 Å². The van der Waals surface area contributed by atoms with Crippen LogP contribution in [-0.4, -0.2) is 29.9 Å². The van der Waals surface area contributed by atoms with Gasteiger partial charge in [-0.25, -0.2) is 19.0 Å². The Balaban J connectivity index is 1.86. The summed E-state index contributed by atoms with van der Waals surface area (Å²) in [6, 6.07) is 4.75. The Kier molecular flexibility index (Phi) is 4.95. The second-order valence-electron chi connectivity index (χ2n) is 6.20. The van der Waals surface area contributed by atoms with Crippen molar-refractivity contribution in [3.63, 3.8) is 0 Å². The van der Waals surface area contributed by atoms with Gasteiger partial charge in [0.05, 0.1) is 25.6 Å². The fourth-order valence-electron chi connectivity index (χ4n) is 2.47. The highest BCUT2D eigenvalue weighted by Crippen LogP contribution is 2.37. The first kappa shape index (κ1) is 18.6. The van der Waals surface area contributed by atoms with Gasteiger partial charge in [0, 0.05) is 25.1 Å². The first-order valence-electron chi connectivity index (χ1n) is 8.06. The molecule has 0 saturated heterocycles. The van der Waals surface area contributed by atoms with Gasteiger partial charge in [-0.15, -0.1) is 0 Å². The Morgan fingerprint density at radius 1 is 1.22 bits per heavy atom. The number of aromatic nitrogens is 1. The molecule has 1 aromatic carbocycles. The number of methoxy groups -OCH3 is 1. The fraction of sp³-hybridized carbons (Fsp3) is 0.278. The number of hydrogen-bond acceptors (Lipinski definition) is 6. The van der Waals surface area contributed by atoms with Gasteiger partial charge < -0.3 is 24.8 Å². The summed E-state index contributed by atoms with van der Waals surface area (Å²) >= 11 is 0. The van der Waals surface area contributed by atoms with Crippen molar-refractivity contribution < 1.29 is 28.2 Å². The number of urea groups is 1. The average Bonchev–Trinajstić information content (AvgIpc) is 2.62. The minimum absolute atomic E-state index is 0.00614. The highest BCUT2D eigenvalue weighted by molar-refractivity contribution is 6.01. The van der Waals surface area contributed by atoms with Crippen LogP contribution < -0.4 is 15.4 Å². The van der Waals surface area contributed by atoms with Crippen LogP contribution in [0.5, 0.6) is 5.75 Å². The number of anilines is 2. The zero-order valence-corrected chi connectivity index (χ0v) is 15.0. The van der Waals surface area contributed by atoms with Gasteiger partial charge in [-0.2, -0.15) is 0 Å². The topological polar surface area (TPSA) is 98.8 Å². The molecule has 2 heterocycles. The van der Waals surface area contributed by atoms with Gasteiger partial charge in [-0.3, -0.25) is 0 Å². The molecule has 0 aliphatic carbocycles. The summed E-state index contributed by atoms with van der Waals surface area (Å²) in [7, 11) is 1.24. The predicted molar refractivity (Wildman–Crippen MR) is 94.1 cm³/mol. The molecule has 8 nitrogen and oxygen atoms in total. The van der Waals surface area contributed by atoms with Crippen LogP contribution in [0.4, 0.5) is 20.6 Å². The van der Waals surface area contributed by atoms with Crippen LogP contribution in [-0.2, 0) is 16.1 Å². The van der Waals surface area contributed by atoms with Crippen LogP contribution >= 0.6 is 0 Å². The molecule has 0 unspecified atom stereocenters. The van der Waals surface area contributed by atoms with Crippen LogP contribution in [0.25, 0.3) is 0 Å². The van der Waals surface area contributed by atoms with Crippen molar-refractivity contribution in [2.45, 2.75) is 26.2 Å². The zero-order chi connectivity index (χ0) is 19.6. The smallest absolute Gasteiger partial charge is 0.360 e. The second kappa shape index (κ2) is 7.20. The molecular formula is C18H18FN3O5. The van der Waals surface area contributed by atoms with Crippen molar-refractivity contribution in [2.24, 2.45) is 0 Å². The Morgan fingerprint density at radius 2 is 1.93 bits per heavy atom. The summed E-state index contributed by atoms with van der Waals surface area (Å²) in [5, 5.41) is 5.20. The summed E-state index contributed by atoms with van der Waals surface area (Å²) in [6.45, 7) is 3.48. The van der Waals surface area contributed by atoms with E-state index in [1.54, 1.807) is 13.8 Å². The van der Waals surface area contributed by atoms with Gasteiger partial charge >= 0.3 is 12.0 Å². The first-order valence-corrected chi connectivity index (χ1v) is 8.06. The van der Waals surface area contributed by atoms with E-state index in [0.29, 0.717) is 16.9 Å². The molecule has 0 bridgehead atoms. The molecular weight excluding hydrogens is 357 g/mol. The Morgan fingerprint density at radius 3 is 2.59 bits per heavy atom. The lowest BCUT2D eigenvalue weighted by molar-refractivity contribution is -0.180. The lowest BCUT2D eigenvalue weighted by Gasteiger charge is -2.33. The number of hydrogen-bond donors (Lipinski definition) is 2. The van der Waals surface area contributed by atoms with Crippen LogP contribution in [0, 0.1) is 5.82 Å². The third-order valence-corrected chi connectivity index (χ3v) is 3.78. The van der Waals surface area contributed by atoms with Crippen molar-refractivity contribution in [3.8, 4) is 5.75 Å². The second-order valence-corrected chi connectivity index (χ2v) is 6.20. The molecule has 2 amide bonds. The Labute approximate surface area is 154 Å². The molecule has 9 heteroatoms. The number of rotatable bonds is 3. The van der Waals surface area contributed by atoms with Gasteiger partial charge in [-0.05, 0) is 24.3 Å². The predicted octanol–water partition coefficient (Wildman–Crippen LogP) is 3.30. The van der Waals surface area contributed by atoms with Crippen molar-refractivity contribution in [1.82, 2.24) is 4.98 Å². The molecule has 0 fully saturated rings. The normalized spacial score (nSPS) is 14.5. The van der Waals surface area contributed by atoms with Crippen LogP contribution in [0.1, 0.15) is 29.9 Å². The number of nitrogens with zero attached hydrogens (tertiary/aromatic N) is 1. The van der Waals surface area contributed by atoms with Gasteiger partial charge in [0.25, 0.3) is 0 Å². The molecule has 142 valence electrons. The van der Waals surface area contributed by atoms with E-state index in [4.69, 9.17) is 14.2 Å². The number of carbonyl (C=O) groups excluding carboxylic acids is 2. The summed E-state index contributed by atoms with van der Waals surface area (Å²) in [5.41, 5.74) is 1.18. The van der Waals surface area contributed by atoms with E-state index in [0.717, 1.165) is 0 Å². The highest BCUT2D eigenvalue weighted by Gasteiger charge is 2.34. The number of fused-ring (bicyclic) bond motifs is 1. The lowest BCUT2D eigenvalue weighted by atomic mass is 10.1. The Bertz CT molecular complexity index is 883. The maximum atomic E-state index is 13.0. The van der Waals surface area contributed by atoms with Crippen LogP contribution in [0.2, 0.25) is 0 Å². The number of amides is 2. The largest absolute Gasteiger partial charge is 0.464 e. The molecule has 1 aromatic heterocycles. The molecule has 27 heavy (non-hydrogen) atoms. The number of ether oxygens (including phenoxy) is 3. The van der Waals surface area contributed by atoms with E-state index in [1.807, 2.05) is 0 Å². The maximum Gasteiger partial charge on any atom is 0.360 e. The van der Waals surface area contributed by atoms with E-state index in [1.165, 1.54) is 37.6 Å². The van der Waals surface area contributed by atoms with E-state index in [-0.39, 0.29) is 18.1 Å². The monoisotopic (exact) mass is 375 g/mol. The third kappa shape index (κ3) is 4.14. The van der Waals surface area contributed by atoms with Gasteiger partial charge in [0.1, 0.15) is 5.82 Å². The molecule has 3 rings (SSSR count). The van der Waals surface area contributed by atoms with Crippen LogP contribution in [0.3, 0.4) is 0 Å². The molecule has 2 N–H and O–H groups in total. The average molecular weight is 375 g/mol. The van der Waals surface area contributed by atoms with Crippen molar-refractivity contribution in [1.29, 1.82) is 0 Å². The molecule has 1 aliphatic rings. The van der Waals surface area contributed by atoms with Crippen molar-refractivity contribution in [2.75, 3.05) is 17.7 Å². The van der Waals surface area contributed by atoms with Crippen molar-refractivity contribution in [3.05, 3.63) is 47.5 Å². The molecule has 0 radical (unpaired) electrons. The van der Waals surface area contributed by atoms with Crippen molar-refractivity contribution >= 4 is 23.4 Å². The van der Waals surface area contributed by atoms with Gasteiger partial charge in [-0.1, -0.05) is 0 Å². The molecule has 0 atom stereocenters. The van der Waals surface area contributed by atoms with E-state index >= 15 is 0 Å². The fourth-order valence-corrected chi connectivity index (χ4v) is 2.47. The Hall–Kier alpha value is -3.20. The minimum Gasteiger partial charge on any atom is -0.464 e.